The van der Waals surface area contributed by atoms with E-state index in [0.717, 1.165) is 17.0 Å². The van der Waals surface area contributed by atoms with Crippen LogP contribution in [0.4, 0.5) is 5.69 Å². The summed E-state index contributed by atoms with van der Waals surface area (Å²) >= 11 is 3.27. The molecule has 2 rings (SSSR count). The summed E-state index contributed by atoms with van der Waals surface area (Å²) in [6, 6.07) is 4.98. The van der Waals surface area contributed by atoms with Crippen LogP contribution in [0.25, 0.3) is 0 Å². The van der Waals surface area contributed by atoms with E-state index in [1.165, 1.54) is 6.07 Å². The second-order valence-electron chi connectivity index (χ2n) is 4.26. The van der Waals surface area contributed by atoms with Crippen molar-refractivity contribution in [1.29, 1.82) is 0 Å². The highest BCUT2D eigenvalue weighted by Gasteiger charge is 2.14. The predicted octanol–water partition coefficient (Wildman–Crippen LogP) is 2.75. The number of nitro groups is 1. The molecule has 0 fully saturated rings. The summed E-state index contributed by atoms with van der Waals surface area (Å²) in [6.07, 6.45) is 3.42. The first-order chi connectivity index (χ1) is 9.58. The third kappa shape index (κ3) is 3.58. The van der Waals surface area contributed by atoms with Gasteiger partial charge in [0.25, 0.3) is 5.69 Å². The molecule has 0 unspecified atom stereocenters. The number of hydrogen-bond acceptors (Lipinski definition) is 5. The molecule has 0 aliphatic carbocycles. The fourth-order valence-corrected chi connectivity index (χ4v) is 2.23. The van der Waals surface area contributed by atoms with Gasteiger partial charge in [-0.3, -0.25) is 20.1 Å². The molecular formula is C13H13BrN4O2. The fourth-order valence-electron chi connectivity index (χ4n) is 1.68. The Labute approximate surface area is 124 Å². The zero-order valence-electron chi connectivity index (χ0n) is 10.8. The van der Waals surface area contributed by atoms with Crippen LogP contribution >= 0.6 is 15.9 Å². The van der Waals surface area contributed by atoms with Gasteiger partial charge in [0.2, 0.25) is 0 Å². The minimum absolute atomic E-state index is 0.0689. The van der Waals surface area contributed by atoms with Crippen LogP contribution in [0.5, 0.6) is 0 Å². The van der Waals surface area contributed by atoms with E-state index in [9.17, 15) is 10.1 Å². The van der Waals surface area contributed by atoms with Crippen LogP contribution < -0.4 is 5.32 Å². The van der Waals surface area contributed by atoms with Gasteiger partial charge in [0.15, 0.2) is 0 Å². The van der Waals surface area contributed by atoms with Crippen LogP contribution in [0, 0.1) is 17.0 Å². The largest absolute Gasteiger partial charge is 0.307 e. The van der Waals surface area contributed by atoms with Gasteiger partial charge >= 0.3 is 0 Å². The lowest BCUT2D eigenvalue weighted by Crippen LogP contribution is -2.14. The number of aryl methyl sites for hydroxylation is 1. The Kier molecular flexibility index (Phi) is 4.75. The number of halogens is 1. The lowest BCUT2D eigenvalue weighted by molar-refractivity contribution is -0.385. The Balaban J connectivity index is 1.99. The van der Waals surface area contributed by atoms with Crippen molar-refractivity contribution in [3.8, 4) is 0 Å². The molecule has 1 heterocycles. The van der Waals surface area contributed by atoms with Crippen molar-refractivity contribution >= 4 is 21.6 Å². The fraction of sp³-hybridized carbons (Fsp3) is 0.231. The molecule has 1 aromatic carbocycles. The number of aromatic nitrogens is 2. The van der Waals surface area contributed by atoms with E-state index < -0.39 is 4.92 Å². The second kappa shape index (κ2) is 6.53. The van der Waals surface area contributed by atoms with Crippen molar-refractivity contribution < 1.29 is 4.92 Å². The van der Waals surface area contributed by atoms with E-state index in [2.05, 4.69) is 31.2 Å². The van der Waals surface area contributed by atoms with Gasteiger partial charge in [-0.1, -0.05) is 12.1 Å². The molecule has 0 atom stereocenters. The molecule has 1 N–H and O–H groups in total. The van der Waals surface area contributed by atoms with Gasteiger partial charge in [-0.05, 0) is 28.4 Å². The first-order valence-electron chi connectivity index (χ1n) is 5.98. The van der Waals surface area contributed by atoms with Gasteiger partial charge in [0.05, 0.1) is 20.8 Å². The van der Waals surface area contributed by atoms with Crippen LogP contribution in [-0.4, -0.2) is 14.9 Å². The lowest BCUT2D eigenvalue weighted by atomic mass is 10.2. The van der Waals surface area contributed by atoms with E-state index in [1.54, 1.807) is 18.5 Å². The minimum atomic E-state index is -0.404. The van der Waals surface area contributed by atoms with E-state index in [1.807, 2.05) is 13.0 Å². The molecule has 1 aromatic heterocycles. The maximum Gasteiger partial charge on any atom is 0.283 e. The van der Waals surface area contributed by atoms with E-state index in [-0.39, 0.29) is 5.69 Å². The maximum atomic E-state index is 10.8. The number of hydrogen-bond donors (Lipinski definition) is 1. The Morgan fingerprint density at radius 3 is 2.75 bits per heavy atom. The molecule has 0 saturated carbocycles. The Hall–Kier alpha value is -1.86. The Morgan fingerprint density at radius 2 is 2.10 bits per heavy atom. The molecule has 20 heavy (non-hydrogen) atoms. The third-order valence-electron chi connectivity index (χ3n) is 2.71. The number of nitrogens with zero attached hydrogens (tertiary/aromatic N) is 3. The highest BCUT2D eigenvalue weighted by molar-refractivity contribution is 9.10. The first kappa shape index (κ1) is 14.5. The van der Waals surface area contributed by atoms with Crippen molar-refractivity contribution in [2.24, 2.45) is 0 Å². The average molecular weight is 337 g/mol. The molecule has 104 valence electrons. The Bertz CT molecular complexity index is 616. The average Bonchev–Trinajstić information content (AvgIpc) is 2.42. The number of nitro benzene ring substituents is 1. The number of nitrogens with one attached hydrogen (secondary N) is 1. The maximum absolute atomic E-state index is 10.8. The minimum Gasteiger partial charge on any atom is -0.307 e. The van der Waals surface area contributed by atoms with Crippen LogP contribution in [0.15, 0.2) is 35.1 Å². The molecular weight excluding hydrogens is 324 g/mol. The second-order valence-corrected chi connectivity index (χ2v) is 5.05. The van der Waals surface area contributed by atoms with Gasteiger partial charge in [-0.15, -0.1) is 0 Å². The molecule has 2 aromatic rings. The molecule has 6 nitrogen and oxygen atoms in total. The van der Waals surface area contributed by atoms with Crippen molar-refractivity contribution in [3.63, 3.8) is 0 Å². The summed E-state index contributed by atoms with van der Waals surface area (Å²) in [5, 5.41) is 14.0. The van der Waals surface area contributed by atoms with Gasteiger partial charge < -0.3 is 5.32 Å². The molecule has 0 spiro atoms. The topological polar surface area (TPSA) is 81.0 Å². The third-order valence-corrected chi connectivity index (χ3v) is 3.63. The van der Waals surface area contributed by atoms with Crippen LogP contribution in [0.3, 0.4) is 0 Å². The summed E-state index contributed by atoms with van der Waals surface area (Å²) in [4.78, 5) is 18.8. The molecule has 0 aliphatic rings. The molecule has 0 radical (unpaired) electrons. The van der Waals surface area contributed by atoms with Crippen molar-refractivity contribution in [2.45, 2.75) is 20.0 Å². The molecule has 7 heteroatoms. The van der Waals surface area contributed by atoms with Crippen molar-refractivity contribution in [1.82, 2.24) is 15.3 Å². The normalized spacial score (nSPS) is 10.5. The van der Waals surface area contributed by atoms with E-state index in [0.29, 0.717) is 17.6 Å². The van der Waals surface area contributed by atoms with Crippen molar-refractivity contribution in [3.05, 3.63) is 62.1 Å². The highest BCUT2D eigenvalue weighted by atomic mass is 79.9. The number of rotatable bonds is 5. The number of benzene rings is 1. The summed E-state index contributed by atoms with van der Waals surface area (Å²) in [5.74, 6) is 0. The monoisotopic (exact) mass is 336 g/mol. The SMILES string of the molecule is Cc1cnc(CNCc2cccc([N+](=O)[O-])c2Br)cn1. The summed E-state index contributed by atoms with van der Waals surface area (Å²) in [5.41, 5.74) is 2.60. The molecule has 0 bridgehead atoms. The van der Waals surface area contributed by atoms with Gasteiger partial charge in [0, 0.05) is 31.5 Å². The Morgan fingerprint density at radius 1 is 1.30 bits per heavy atom. The van der Waals surface area contributed by atoms with Gasteiger partial charge in [0.1, 0.15) is 0 Å². The van der Waals surface area contributed by atoms with E-state index in [4.69, 9.17) is 0 Å². The predicted molar refractivity (Wildman–Crippen MR) is 78.1 cm³/mol. The van der Waals surface area contributed by atoms with E-state index >= 15 is 0 Å². The van der Waals surface area contributed by atoms with Crippen LogP contribution in [0.2, 0.25) is 0 Å². The van der Waals surface area contributed by atoms with Gasteiger partial charge in [-0.2, -0.15) is 0 Å². The standard InChI is InChI=1S/C13H13BrN4O2/c1-9-5-17-11(8-16-9)7-15-6-10-3-2-4-12(13(10)14)18(19)20/h2-5,8,15H,6-7H2,1H3. The molecule has 0 saturated heterocycles. The summed E-state index contributed by atoms with van der Waals surface area (Å²) in [6.45, 7) is 2.95. The first-order valence-corrected chi connectivity index (χ1v) is 6.77. The zero-order valence-corrected chi connectivity index (χ0v) is 12.4. The smallest absolute Gasteiger partial charge is 0.283 e. The van der Waals surface area contributed by atoms with Gasteiger partial charge in [-0.25, -0.2) is 0 Å². The lowest BCUT2D eigenvalue weighted by Gasteiger charge is -2.07. The van der Waals surface area contributed by atoms with Crippen molar-refractivity contribution in [2.75, 3.05) is 0 Å². The van der Waals surface area contributed by atoms with Crippen LogP contribution in [-0.2, 0) is 13.1 Å². The summed E-state index contributed by atoms with van der Waals surface area (Å²) < 4.78 is 0.507. The highest BCUT2D eigenvalue weighted by Crippen LogP contribution is 2.28. The molecule has 0 aliphatic heterocycles. The summed E-state index contributed by atoms with van der Waals surface area (Å²) in [7, 11) is 0. The molecule has 0 amide bonds. The van der Waals surface area contributed by atoms with Crippen LogP contribution in [0.1, 0.15) is 17.0 Å². The quantitative estimate of drug-likeness (QED) is 0.670. The zero-order chi connectivity index (χ0) is 14.5.